The number of hydrogen-bond donors (Lipinski definition) is 1. The zero-order chi connectivity index (χ0) is 24.2. The van der Waals surface area contributed by atoms with Crippen LogP contribution in [0.5, 0.6) is 0 Å². The van der Waals surface area contributed by atoms with Crippen LogP contribution < -0.4 is 15.1 Å². The average Bonchev–Trinajstić information content (AvgIpc) is 2.86. The van der Waals surface area contributed by atoms with Gasteiger partial charge in [0.25, 0.3) is 5.91 Å². The molecule has 0 aromatic heterocycles. The molecule has 0 bridgehead atoms. The predicted molar refractivity (Wildman–Crippen MR) is 140 cm³/mol. The van der Waals surface area contributed by atoms with Crippen molar-refractivity contribution in [2.45, 2.75) is 45.4 Å². The number of fused-ring (bicyclic) bond motifs is 1. The molecule has 0 saturated heterocycles. The normalized spacial score (nSPS) is 15.2. The summed E-state index contributed by atoms with van der Waals surface area (Å²) in [5, 5.41) is 3.12. The van der Waals surface area contributed by atoms with Crippen molar-refractivity contribution in [3.63, 3.8) is 0 Å². The minimum absolute atomic E-state index is 0.0749. The number of rotatable bonds is 7. The fourth-order valence-corrected chi connectivity index (χ4v) is 4.54. The van der Waals surface area contributed by atoms with Crippen LogP contribution in [0, 0.1) is 0 Å². The fourth-order valence-electron chi connectivity index (χ4n) is 4.54. The largest absolute Gasteiger partial charge is 0.378 e. The lowest BCUT2D eigenvalue weighted by Gasteiger charge is -2.39. The molecule has 1 aliphatic heterocycles. The van der Waals surface area contributed by atoms with Crippen molar-refractivity contribution in [3.05, 3.63) is 89.0 Å². The summed E-state index contributed by atoms with van der Waals surface area (Å²) in [5.41, 5.74) is 7.33. The van der Waals surface area contributed by atoms with Crippen molar-refractivity contribution in [2.24, 2.45) is 0 Å². The van der Waals surface area contributed by atoms with Crippen molar-refractivity contribution >= 4 is 23.0 Å². The SMILES string of the molecule is COC1CCc2cccc(C(=O)NCc3ccc(N(C)C)cc3)c2N1c1ccc(C(C)C)cc1. The molecule has 1 unspecified atom stereocenters. The van der Waals surface area contributed by atoms with Crippen molar-refractivity contribution < 1.29 is 9.53 Å². The maximum Gasteiger partial charge on any atom is 0.253 e. The smallest absolute Gasteiger partial charge is 0.253 e. The van der Waals surface area contributed by atoms with Gasteiger partial charge in [0.05, 0.1) is 11.3 Å². The fraction of sp³-hybridized carbons (Fsp3) is 0.345. The Hall–Kier alpha value is -3.31. The third kappa shape index (κ3) is 4.95. The molecule has 5 nitrogen and oxygen atoms in total. The van der Waals surface area contributed by atoms with Gasteiger partial charge in [0.2, 0.25) is 0 Å². The molecule has 0 fully saturated rings. The van der Waals surface area contributed by atoms with Crippen LogP contribution in [0.15, 0.2) is 66.7 Å². The Bertz CT molecular complexity index is 1120. The Balaban J connectivity index is 1.63. The second-order valence-electron chi connectivity index (χ2n) is 9.40. The molecule has 0 spiro atoms. The van der Waals surface area contributed by atoms with Gasteiger partial charge < -0.3 is 19.9 Å². The van der Waals surface area contributed by atoms with Crippen LogP contribution in [0.1, 0.15) is 53.2 Å². The maximum atomic E-state index is 13.4. The van der Waals surface area contributed by atoms with Gasteiger partial charge in [-0.25, -0.2) is 0 Å². The van der Waals surface area contributed by atoms with Gasteiger partial charge in [0.15, 0.2) is 0 Å². The van der Waals surface area contributed by atoms with E-state index in [0.717, 1.165) is 35.5 Å². The first kappa shape index (κ1) is 23.8. The number of carbonyl (C=O) groups is 1. The van der Waals surface area contributed by atoms with E-state index in [1.165, 1.54) is 11.1 Å². The average molecular weight is 458 g/mol. The van der Waals surface area contributed by atoms with Crippen LogP contribution in [0.4, 0.5) is 17.1 Å². The van der Waals surface area contributed by atoms with Crippen LogP contribution in [-0.4, -0.2) is 33.3 Å². The number of carbonyl (C=O) groups excluding carboxylic acids is 1. The summed E-state index contributed by atoms with van der Waals surface area (Å²) in [6.45, 7) is 4.87. The monoisotopic (exact) mass is 457 g/mol. The van der Waals surface area contributed by atoms with Gasteiger partial charge in [-0.3, -0.25) is 4.79 Å². The number of amides is 1. The van der Waals surface area contributed by atoms with Crippen LogP contribution in [-0.2, 0) is 17.7 Å². The van der Waals surface area contributed by atoms with Crippen LogP contribution >= 0.6 is 0 Å². The van der Waals surface area contributed by atoms with E-state index in [-0.39, 0.29) is 12.1 Å². The van der Waals surface area contributed by atoms with E-state index < -0.39 is 0 Å². The number of hydrogen-bond acceptors (Lipinski definition) is 4. The van der Waals surface area contributed by atoms with Gasteiger partial charge in [0.1, 0.15) is 6.23 Å². The molecule has 178 valence electrons. The minimum atomic E-state index is -0.120. The standard InChI is InChI=1S/C29H35N3O2/c1-20(2)22-11-16-25(17-12-22)32-27(34-5)18-13-23-7-6-8-26(28(23)32)29(33)30-19-21-9-14-24(15-10-21)31(3)4/h6-12,14-17,20,27H,13,18-19H2,1-5H3,(H,30,33). The molecule has 0 aliphatic carbocycles. The number of ether oxygens (including phenoxy) is 1. The van der Waals surface area contributed by atoms with Crippen LogP contribution in [0.2, 0.25) is 0 Å². The molecule has 3 aromatic rings. The van der Waals surface area contributed by atoms with Gasteiger partial charge in [-0.15, -0.1) is 0 Å². The number of nitrogens with one attached hydrogen (secondary N) is 1. The molecule has 0 radical (unpaired) electrons. The van der Waals surface area contributed by atoms with Crippen molar-refractivity contribution in [3.8, 4) is 0 Å². The molecule has 1 aliphatic rings. The first-order chi connectivity index (χ1) is 16.4. The molecule has 1 atom stereocenters. The lowest BCUT2D eigenvalue weighted by molar-refractivity contribution is 0.0930. The zero-order valence-corrected chi connectivity index (χ0v) is 20.8. The quantitative estimate of drug-likeness (QED) is 0.482. The molecular formula is C29H35N3O2. The van der Waals surface area contributed by atoms with Gasteiger partial charge in [-0.2, -0.15) is 0 Å². The molecule has 5 heteroatoms. The molecule has 0 saturated carbocycles. The molecule has 3 aromatic carbocycles. The number of benzene rings is 3. The summed E-state index contributed by atoms with van der Waals surface area (Å²) >= 11 is 0. The van der Waals surface area contributed by atoms with Crippen molar-refractivity contribution in [2.75, 3.05) is 31.0 Å². The van der Waals surface area contributed by atoms with E-state index in [2.05, 4.69) is 83.6 Å². The van der Waals surface area contributed by atoms with E-state index in [0.29, 0.717) is 18.0 Å². The Morgan fingerprint density at radius 3 is 2.38 bits per heavy atom. The summed E-state index contributed by atoms with van der Waals surface area (Å²) in [5.74, 6) is 0.392. The van der Waals surface area contributed by atoms with Gasteiger partial charge in [-0.1, -0.05) is 50.2 Å². The lowest BCUT2D eigenvalue weighted by atomic mass is 9.95. The highest BCUT2D eigenvalue weighted by molar-refractivity contribution is 6.01. The number of para-hydroxylation sites is 1. The third-order valence-corrected chi connectivity index (χ3v) is 6.57. The second-order valence-corrected chi connectivity index (χ2v) is 9.40. The summed E-state index contributed by atoms with van der Waals surface area (Å²) in [6, 6.07) is 22.9. The van der Waals surface area contributed by atoms with Gasteiger partial charge in [0, 0.05) is 39.1 Å². The van der Waals surface area contributed by atoms with E-state index in [9.17, 15) is 4.79 Å². The maximum absolute atomic E-state index is 13.4. The highest BCUT2D eigenvalue weighted by Crippen LogP contribution is 2.40. The van der Waals surface area contributed by atoms with E-state index in [1.807, 2.05) is 26.2 Å². The molecule has 4 rings (SSSR count). The van der Waals surface area contributed by atoms with Gasteiger partial charge >= 0.3 is 0 Å². The molecule has 34 heavy (non-hydrogen) atoms. The molecule has 1 amide bonds. The van der Waals surface area contributed by atoms with Crippen LogP contribution in [0.3, 0.4) is 0 Å². The number of methoxy groups -OCH3 is 1. The molecule has 1 N–H and O–H groups in total. The summed E-state index contributed by atoms with van der Waals surface area (Å²) in [6.07, 6.45) is 1.63. The molecular weight excluding hydrogens is 422 g/mol. The summed E-state index contributed by atoms with van der Waals surface area (Å²) in [7, 11) is 5.78. The number of anilines is 3. The Labute approximate surface area is 203 Å². The summed E-state index contributed by atoms with van der Waals surface area (Å²) < 4.78 is 5.88. The first-order valence-corrected chi connectivity index (χ1v) is 12.0. The highest BCUT2D eigenvalue weighted by atomic mass is 16.5. The highest BCUT2D eigenvalue weighted by Gasteiger charge is 2.31. The van der Waals surface area contributed by atoms with E-state index >= 15 is 0 Å². The zero-order valence-electron chi connectivity index (χ0n) is 20.8. The van der Waals surface area contributed by atoms with Crippen LogP contribution in [0.25, 0.3) is 0 Å². The van der Waals surface area contributed by atoms with E-state index in [4.69, 9.17) is 4.74 Å². The minimum Gasteiger partial charge on any atom is -0.378 e. The lowest BCUT2D eigenvalue weighted by Crippen LogP contribution is -2.39. The second kappa shape index (κ2) is 10.3. The van der Waals surface area contributed by atoms with Crippen molar-refractivity contribution in [1.29, 1.82) is 0 Å². The predicted octanol–water partition coefficient (Wildman–Crippen LogP) is 5.86. The summed E-state index contributed by atoms with van der Waals surface area (Å²) in [4.78, 5) is 17.6. The van der Waals surface area contributed by atoms with Crippen molar-refractivity contribution in [1.82, 2.24) is 5.32 Å². The topological polar surface area (TPSA) is 44.8 Å². The Morgan fingerprint density at radius 2 is 1.76 bits per heavy atom. The van der Waals surface area contributed by atoms with Gasteiger partial charge in [-0.05, 0) is 65.8 Å². The Morgan fingerprint density at radius 1 is 1.06 bits per heavy atom. The molecule has 1 heterocycles. The Kier molecular flexibility index (Phi) is 7.23. The number of aryl methyl sites for hydroxylation is 1. The first-order valence-electron chi connectivity index (χ1n) is 12.0. The third-order valence-electron chi connectivity index (χ3n) is 6.57. The number of nitrogens with zero attached hydrogens (tertiary/aromatic N) is 2. The van der Waals surface area contributed by atoms with E-state index in [1.54, 1.807) is 7.11 Å².